The number of hydrogen-bond acceptors (Lipinski definition) is 3. The standard InChI is InChI=1S/C15H21NO2/c1-16-10-3-2-5-12(16)15-9-8-11-13(17)6-4-7-14(11)18-15/h4,6-7,12,15,17H,2-3,5,8-10H2,1H3/t12-,15+/m1/s1. The summed E-state index contributed by atoms with van der Waals surface area (Å²) in [6, 6.07) is 6.12. The molecule has 0 aromatic heterocycles. The fourth-order valence-corrected chi connectivity index (χ4v) is 3.27. The molecule has 2 aliphatic rings. The van der Waals surface area contributed by atoms with Crippen LogP contribution < -0.4 is 4.74 Å². The van der Waals surface area contributed by atoms with Gasteiger partial charge in [-0.2, -0.15) is 0 Å². The zero-order chi connectivity index (χ0) is 12.5. The molecule has 0 radical (unpaired) electrons. The van der Waals surface area contributed by atoms with Crippen LogP contribution >= 0.6 is 0 Å². The third-order valence-corrected chi connectivity index (χ3v) is 4.32. The van der Waals surface area contributed by atoms with Crippen LogP contribution in [-0.2, 0) is 6.42 Å². The number of phenols is 1. The van der Waals surface area contributed by atoms with Crippen LogP contribution in [0.2, 0.25) is 0 Å². The summed E-state index contributed by atoms with van der Waals surface area (Å²) >= 11 is 0. The van der Waals surface area contributed by atoms with Crippen molar-refractivity contribution >= 4 is 0 Å². The van der Waals surface area contributed by atoms with Gasteiger partial charge in [0.1, 0.15) is 17.6 Å². The molecule has 0 bridgehead atoms. The Labute approximate surface area is 108 Å². The molecular weight excluding hydrogens is 226 g/mol. The maximum Gasteiger partial charge on any atom is 0.126 e. The molecule has 3 heteroatoms. The van der Waals surface area contributed by atoms with Gasteiger partial charge in [-0.1, -0.05) is 12.5 Å². The maximum atomic E-state index is 9.81. The normalized spacial score (nSPS) is 28.5. The summed E-state index contributed by atoms with van der Waals surface area (Å²) in [5, 5.41) is 9.81. The Bertz CT molecular complexity index is 433. The zero-order valence-electron chi connectivity index (χ0n) is 10.9. The predicted octanol–water partition coefficient (Wildman–Crippen LogP) is 2.57. The lowest BCUT2D eigenvalue weighted by Crippen LogP contribution is -2.48. The largest absolute Gasteiger partial charge is 0.508 e. The van der Waals surface area contributed by atoms with Gasteiger partial charge in [-0.3, -0.25) is 4.90 Å². The highest BCUT2D eigenvalue weighted by atomic mass is 16.5. The molecule has 18 heavy (non-hydrogen) atoms. The van der Waals surface area contributed by atoms with E-state index in [9.17, 15) is 5.11 Å². The van der Waals surface area contributed by atoms with Crippen molar-refractivity contribution in [1.82, 2.24) is 4.90 Å². The number of fused-ring (bicyclic) bond motifs is 1. The molecular formula is C15H21NO2. The molecule has 0 unspecified atom stereocenters. The van der Waals surface area contributed by atoms with Crippen LogP contribution in [0.4, 0.5) is 0 Å². The maximum absolute atomic E-state index is 9.81. The van der Waals surface area contributed by atoms with Gasteiger partial charge < -0.3 is 9.84 Å². The first-order valence-electron chi connectivity index (χ1n) is 6.93. The molecule has 3 nitrogen and oxygen atoms in total. The van der Waals surface area contributed by atoms with Gasteiger partial charge >= 0.3 is 0 Å². The minimum Gasteiger partial charge on any atom is -0.508 e. The Morgan fingerprint density at radius 2 is 2.17 bits per heavy atom. The quantitative estimate of drug-likeness (QED) is 0.828. The van der Waals surface area contributed by atoms with Crippen molar-refractivity contribution in [1.29, 1.82) is 0 Å². The van der Waals surface area contributed by atoms with Gasteiger partial charge in [-0.05, 0) is 51.4 Å². The molecule has 2 heterocycles. The summed E-state index contributed by atoms with van der Waals surface area (Å²) in [5.41, 5.74) is 0.979. The Kier molecular flexibility index (Phi) is 3.16. The first-order valence-corrected chi connectivity index (χ1v) is 6.93. The van der Waals surface area contributed by atoms with Gasteiger partial charge in [0.2, 0.25) is 0 Å². The van der Waals surface area contributed by atoms with Crippen LogP contribution in [-0.4, -0.2) is 35.7 Å². The van der Waals surface area contributed by atoms with E-state index in [1.807, 2.05) is 12.1 Å². The summed E-state index contributed by atoms with van der Waals surface area (Å²) in [6.45, 7) is 1.18. The van der Waals surface area contributed by atoms with Crippen LogP contribution in [0.5, 0.6) is 11.5 Å². The van der Waals surface area contributed by atoms with Gasteiger partial charge in [-0.15, -0.1) is 0 Å². The molecule has 1 fully saturated rings. The van der Waals surface area contributed by atoms with Gasteiger partial charge in [0, 0.05) is 11.6 Å². The van der Waals surface area contributed by atoms with E-state index >= 15 is 0 Å². The molecule has 98 valence electrons. The minimum atomic E-state index is 0.282. The van der Waals surface area contributed by atoms with E-state index < -0.39 is 0 Å². The van der Waals surface area contributed by atoms with Gasteiger partial charge in [0.15, 0.2) is 0 Å². The zero-order valence-corrected chi connectivity index (χ0v) is 10.9. The average molecular weight is 247 g/mol. The molecule has 0 saturated carbocycles. The van der Waals surface area contributed by atoms with E-state index in [1.54, 1.807) is 6.07 Å². The number of hydrogen-bond donors (Lipinski definition) is 1. The topological polar surface area (TPSA) is 32.7 Å². The van der Waals surface area contributed by atoms with Crippen LogP contribution in [0, 0.1) is 0 Å². The third-order valence-electron chi connectivity index (χ3n) is 4.32. The van der Waals surface area contributed by atoms with E-state index in [0.717, 1.165) is 24.2 Å². The number of piperidine rings is 1. The van der Waals surface area contributed by atoms with Crippen molar-refractivity contribution in [3.8, 4) is 11.5 Å². The van der Waals surface area contributed by atoms with Crippen molar-refractivity contribution in [2.75, 3.05) is 13.6 Å². The molecule has 0 spiro atoms. The van der Waals surface area contributed by atoms with Crippen molar-refractivity contribution in [3.63, 3.8) is 0 Å². The fraction of sp³-hybridized carbons (Fsp3) is 0.600. The fourth-order valence-electron chi connectivity index (χ4n) is 3.27. The van der Waals surface area contributed by atoms with Gasteiger partial charge in [0.05, 0.1) is 0 Å². The first kappa shape index (κ1) is 11.8. The van der Waals surface area contributed by atoms with Crippen molar-refractivity contribution < 1.29 is 9.84 Å². The molecule has 1 aromatic rings. The average Bonchev–Trinajstić information content (AvgIpc) is 2.39. The second-order valence-corrected chi connectivity index (χ2v) is 5.49. The van der Waals surface area contributed by atoms with E-state index in [1.165, 1.54) is 25.8 Å². The molecule has 1 saturated heterocycles. The molecule has 2 atom stereocenters. The lowest BCUT2D eigenvalue weighted by molar-refractivity contribution is 0.0443. The number of ether oxygens (including phenoxy) is 1. The summed E-state index contributed by atoms with van der Waals surface area (Å²) < 4.78 is 6.12. The Hall–Kier alpha value is -1.22. The summed E-state index contributed by atoms with van der Waals surface area (Å²) in [4.78, 5) is 2.43. The molecule has 3 rings (SSSR count). The van der Waals surface area contributed by atoms with Crippen LogP contribution in [0.15, 0.2) is 18.2 Å². The van der Waals surface area contributed by atoms with Crippen LogP contribution in [0.3, 0.4) is 0 Å². The monoisotopic (exact) mass is 247 g/mol. The highest BCUT2D eigenvalue weighted by molar-refractivity contribution is 5.45. The van der Waals surface area contributed by atoms with Crippen LogP contribution in [0.25, 0.3) is 0 Å². The van der Waals surface area contributed by atoms with E-state index in [4.69, 9.17) is 4.74 Å². The number of phenolic OH excluding ortho intramolecular Hbond substituents is 1. The lowest BCUT2D eigenvalue weighted by Gasteiger charge is -2.40. The Morgan fingerprint density at radius 1 is 1.28 bits per heavy atom. The Morgan fingerprint density at radius 3 is 3.00 bits per heavy atom. The first-order chi connectivity index (χ1) is 8.75. The van der Waals surface area contributed by atoms with E-state index in [2.05, 4.69) is 11.9 Å². The summed E-state index contributed by atoms with van der Waals surface area (Å²) in [5.74, 6) is 1.26. The van der Waals surface area contributed by atoms with Gasteiger partial charge in [0.25, 0.3) is 0 Å². The lowest BCUT2D eigenvalue weighted by atomic mass is 9.91. The summed E-state index contributed by atoms with van der Waals surface area (Å²) in [7, 11) is 2.20. The third kappa shape index (κ3) is 2.07. The highest BCUT2D eigenvalue weighted by Crippen LogP contribution is 2.36. The van der Waals surface area contributed by atoms with Crippen molar-refractivity contribution in [2.24, 2.45) is 0 Å². The molecule has 2 aliphatic heterocycles. The van der Waals surface area contributed by atoms with Crippen molar-refractivity contribution in [2.45, 2.75) is 44.2 Å². The second-order valence-electron chi connectivity index (χ2n) is 5.49. The smallest absolute Gasteiger partial charge is 0.126 e. The molecule has 1 N–H and O–H groups in total. The number of nitrogens with zero attached hydrogens (tertiary/aromatic N) is 1. The second kappa shape index (κ2) is 4.81. The molecule has 1 aromatic carbocycles. The van der Waals surface area contributed by atoms with E-state index in [0.29, 0.717) is 11.8 Å². The summed E-state index contributed by atoms with van der Waals surface area (Å²) in [6.07, 6.45) is 6.06. The Balaban J connectivity index is 1.78. The number of benzene rings is 1. The highest BCUT2D eigenvalue weighted by Gasteiger charge is 2.32. The van der Waals surface area contributed by atoms with Gasteiger partial charge in [-0.25, -0.2) is 0 Å². The molecule has 0 aliphatic carbocycles. The molecule has 0 amide bonds. The predicted molar refractivity (Wildman–Crippen MR) is 71.1 cm³/mol. The van der Waals surface area contributed by atoms with E-state index in [-0.39, 0.29) is 6.10 Å². The van der Waals surface area contributed by atoms with Crippen LogP contribution in [0.1, 0.15) is 31.2 Å². The van der Waals surface area contributed by atoms with Crippen molar-refractivity contribution in [3.05, 3.63) is 23.8 Å². The number of likely N-dealkylation sites (tertiary alicyclic amines) is 1. The SMILES string of the molecule is CN1CCCC[C@@H]1[C@@H]1CCc2c(O)cccc2O1. The number of likely N-dealkylation sites (N-methyl/N-ethyl adjacent to an activating group) is 1. The minimum absolute atomic E-state index is 0.282. The number of rotatable bonds is 1. The number of aromatic hydroxyl groups is 1.